The van der Waals surface area contributed by atoms with E-state index < -0.39 is 5.91 Å². The Balaban J connectivity index is 1.74. The van der Waals surface area contributed by atoms with Gasteiger partial charge in [0.1, 0.15) is 23.8 Å². The van der Waals surface area contributed by atoms with Gasteiger partial charge in [0.25, 0.3) is 11.5 Å². The minimum Gasteiger partial charge on any atom is -0.442 e. The Kier molecular flexibility index (Phi) is 4.44. The summed E-state index contributed by atoms with van der Waals surface area (Å²) in [5, 5.41) is 2.91. The molecule has 0 radical (unpaired) electrons. The normalized spacial score (nSPS) is 15.9. The number of nitrogens with one attached hydrogen (secondary N) is 1. The van der Waals surface area contributed by atoms with Gasteiger partial charge in [-0.15, -0.1) is 0 Å². The number of piperidine rings is 1. The lowest BCUT2D eigenvalue weighted by molar-refractivity contribution is 0.102. The summed E-state index contributed by atoms with van der Waals surface area (Å²) >= 11 is 0. The predicted molar refractivity (Wildman–Crippen MR) is 98.8 cm³/mol. The highest BCUT2D eigenvalue weighted by Crippen LogP contribution is 2.25. The van der Waals surface area contributed by atoms with Gasteiger partial charge in [-0.3, -0.25) is 14.2 Å². The lowest BCUT2D eigenvalue weighted by Gasteiger charge is -2.29. The Labute approximate surface area is 155 Å². The van der Waals surface area contributed by atoms with Crippen LogP contribution >= 0.6 is 0 Å². The van der Waals surface area contributed by atoms with Crippen molar-refractivity contribution in [2.45, 2.75) is 25.8 Å². The number of anilines is 1. The zero-order valence-electron chi connectivity index (χ0n) is 15.2. The first-order valence-electron chi connectivity index (χ1n) is 8.79. The third-order valence-electron chi connectivity index (χ3n) is 4.94. The number of nitrogens with zero attached hydrogens (tertiary/aromatic N) is 5. The first-order valence-corrected chi connectivity index (χ1v) is 8.79. The number of aromatic nitrogens is 4. The first kappa shape index (κ1) is 17.3. The van der Waals surface area contributed by atoms with E-state index in [1.165, 1.54) is 25.0 Å². The SMILES string of the molecule is Cc1oc2ncn(C3CCN(C)CC3)c(=O)c2c1C(=O)Nc1cncnc1. The van der Waals surface area contributed by atoms with E-state index >= 15 is 0 Å². The van der Waals surface area contributed by atoms with Crippen LogP contribution in [0.2, 0.25) is 0 Å². The second-order valence-corrected chi connectivity index (χ2v) is 6.79. The van der Waals surface area contributed by atoms with Gasteiger partial charge in [0, 0.05) is 6.04 Å². The first-order chi connectivity index (χ1) is 13.0. The third-order valence-corrected chi connectivity index (χ3v) is 4.94. The predicted octanol–water partition coefficient (Wildman–Crippen LogP) is 1.61. The fourth-order valence-corrected chi connectivity index (χ4v) is 3.48. The van der Waals surface area contributed by atoms with Crippen LogP contribution in [-0.2, 0) is 0 Å². The largest absolute Gasteiger partial charge is 0.442 e. The molecule has 0 aromatic carbocycles. The molecule has 3 aromatic rings. The molecule has 1 aliphatic rings. The lowest BCUT2D eigenvalue weighted by atomic mass is 10.1. The number of furan rings is 1. The number of rotatable bonds is 3. The summed E-state index contributed by atoms with van der Waals surface area (Å²) in [6, 6.07) is 0.0687. The molecule has 140 valence electrons. The topological polar surface area (TPSA) is 106 Å². The van der Waals surface area contributed by atoms with E-state index in [1.54, 1.807) is 11.5 Å². The van der Waals surface area contributed by atoms with E-state index in [-0.39, 0.29) is 28.3 Å². The molecular formula is C18H20N6O3. The monoisotopic (exact) mass is 368 g/mol. The van der Waals surface area contributed by atoms with Gasteiger partial charge in [-0.1, -0.05) is 0 Å². The minimum absolute atomic E-state index is 0.0687. The van der Waals surface area contributed by atoms with Gasteiger partial charge in [-0.25, -0.2) is 15.0 Å². The van der Waals surface area contributed by atoms with E-state index in [4.69, 9.17) is 4.42 Å². The second kappa shape index (κ2) is 6.92. The maximum atomic E-state index is 13.1. The highest BCUT2D eigenvalue weighted by molar-refractivity contribution is 6.12. The minimum atomic E-state index is -0.443. The molecule has 3 aromatic heterocycles. The molecule has 1 saturated heterocycles. The molecule has 9 nitrogen and oxygen atoms in total. The van der Waals surface area contributed by atoms with E-state index in [0.29, 0.717) is 11.4 Å². The number of aryl methyl sites for hydroxylation is 1. The quantitative estimate of drug-likeness (QED) is 0.748. The number of fused-ring (bicyclic) bond motifs is 1. The van der Waals surface area contributed by atoms with Crippen LogP contribution in [0.25, 0.3) is 11.1 Å². The van der Waals surface area contributed by atoms with Crippen LogP contribution in [0, 0.1) is 6.92 Å². The zero-order valence-corrected chi connectivity index (χ0v) is 15.2. The zero-order chi connectivity index (χ0) is 19.0. The highest BCUT2D eigenvalue weighted by atomic mass is 16.3. The molecule has 0 saturated carbocycles. The van der Waals surface area contributed by atoms with Gasteiger partial charge < -0.3 is 14.6 Å². The number of carbonyl (C=O) groups excluding carboxylic acids is 1. The Morgan fingerprint density at radius 3 is 2.67 bits per heavy atom. The van der Waals surface area contributed by atoms with Crippen molar-refractivity contribution in [3.63, 3.8) is 0 Å². The standard InChI is InChI=1S/C18H20N6O3/c1-11-14(16(25)22-12-7-19-9-20-8-12)15-17(27-11)21-10-24(18(15)26)13-3-5-23(2)6-4-13/h7-10,13H,3-6H2,1-2H3,(H,22,25). The van der Waals surface area contributed by atoms with Gasteiger partial charge in [0.15, 0.2) is 0 Å². The summed E-state index contributed by atoms with van der Waals surface area (Å²) in [7, 11) is 2.07. The Bertz CT molecular complexity index is 1030. The molecule has 0 spiro atoms. The Morgan fingerprint density at radius 1 is 1.26 bits per heavy atom. The molecule has 0 bridgehead atoms. The van der Waals surface area contributed by atoms with Gasteiger partial charge in [-0.2, -0.15) is 0 Å². The van der Waals surface area contributed by atoms with E-state index in [2.05, 4.69) is 32.2 Å². The van der Waals surface area contributed by atoms with Crippen molar-refractivity contribution in [3.8, 4) is 0 Å². The molecular weight excluding hydrogens is 348 g/mol. The van der Waals surface area contributed by atoms with Crippen LogP contribution in [0.4, 0.5) is 5.69 Å². The van der Waals surface area contributed by atoms with Crippen LogP contribution in [0.3, 0.4) is 0 Å². The van der Waals surface area contributed by atoms with Gasteiger partial charge in [-0.05, 0) is 39.9 Å². The fraction of sp³-hybridized carbons (Fsp3) is 0.389. The average molecular weight is 368 g/mol. The highest BCUT2D eigenvalue weighted by Gasteiger charge is 2.26. The van der Waals surface area contributed by atoms with Crippen LogP contribution in [0.1, 0.15) is 35.0 Å². The van der Waals surface area contributed by atoms with Crippen molar-refractivity contribution >= 4 is 22.7 Å². The average Bonchev–Trinajstić information content (AvgIpc) is 3.01. The lowest BCUT2D eigenvalue weighted by Crippen LogP contribution is -2.35. The molecule has 9 heteroatoms. The molecule has 1 aliphatic heterocycles. The molecule has 4 heterocycles. The maximum Gasteiger partial charge on any atom is 0.265 e. The summed E-state index contributed by atoms with van der Waals surface area (Å²) in [4.78, 5) is 40.2. The molecule has 0 atom stereocenters. The van der Waals surface area contributed by atoms with Crippen molar-refractivity contribution in [1.82, 2.24) is 24.4 Å². The second-order valence-electron chi connectivity index (χ2n) is 6.79. The summed E-state index contributed by atoms with van der Waals surface area (Å²) in [5.74, 6) is -0.0915. The molecule has 1 fully saturated rings. The van der Waals surface area contributed by atoms with E-state index in [0.717, 1.165) is 25.9 Å². The van der Waals surface area contributed by atoms with Gasteiger partial charge in [0.2, 0.25) is 5.71 Å². The van der Waals surface area contributed by atoms with Crippen LogP contribution < -0.4 is 10.9 Å². The van der Waals surface area contributed by atoms with Gasteiger partial charge >= 0.3 is 0 Å². The summed E-state index contributed by atoms with van der Waals surface area (Å²) in [5.41, 5.74) is 0.571. The van der Waals surface area contributed by atoms with E-state index in [9.17, 15) is 9.59 Å². The van der Waals surface area contributed by atoms with Crippen molar-refractivity contribution in [2.24, 2.45) is 0 Å². The maximum absolute atomic E-state index is 13.1. The Hall–Kier alpha value is -3.07. The molecule has 27 heavy (non-hydrogen) atoms. The number of hydrogen-bond acceptors (Lipinski definition) is 7. The molecule has 0 unspecified atom stereocenters. The van der Waals surface area contributed by atoms with Crippen molar-refractivity contribution in [3.05, 3.63) is 46.7 Å². The number of amides is 1. The van der Waals surface area contributed by atoms with Crippen molar-refractivity contribution < 1.29 is 9.21 Å². The molecule has 4 rings (SSSR count). The number of carbonyl (C=O) groups is 1. The molecule has 1 N–H and O–H groups in total. The third kappa shape index (κ3) is 3.21. The summed E-state index contributed by atoms with van der Waals surface area (Å²) in [6.07, 6.45) is 7.59. The van der Waals surface area contributed by atoms with Crippen LogP contribution in [0.15, 0.2) is 34.3 Å². The number of likely N-dealkylation sites (tertiary alicyclic amines) is 1. The fourth-order valence-electron chi connectivity index (χ4n) is 3.48. The van der Waals surface area contributed by atoms with Gasteiger partial charge in [0.05, 0.1) is 23.6 Å². The smallest absolute Gasteiger partial charge is 0.265 e. The van der Waals surface area contributed by atoms with Crippen molar-refractivity contribution in [1.29, 1.82) is 0 Å². The molecule has 1 amide bonds. The molecule has 0 aliphatic carbocycles. The van der Waals surface area contributed by atoms with E-state index in [1.807, 2.05) is 0 Å². The summed E-state index contributed by atoms with van der Waals surface area (Å²) in [6.45, 7) is 3.49. The Morgan fingerprint density at radius 2 is 1.96 bits per heavy atom. The number of hydrogen-bond donors (Lipinski definition) is 1. The van der Waals surface area contributed by atoms with Crippen molar-refractivity contribution in [2.75, 3.05) is 25.5 Å². The summed E-state index contributed by atoms with van der Waals surface area (Å²) < 4.78 is 7.20. The van der Waals surface area contributed by atoms with Crippen LogP contribution in [0.5, 0.6) is 0 Å². The van der Waals surface area contributed by atoms with Crippen LogP contribution in [-0.4, -0.2) is 50.5 Å².